The number of aliphatic carboxylic acids is 1. The predicted molar refractivity (Wildman–Crippen MR) is 159 cm³/mol. The van der Waals surface area contributed by atoms with Crippen molar-refractivity contribution in [3.63, 3.8) is 0 Å². The van der Waals surface area contributed by atoms with E-state index in [1.807, 2.05) is 27.7 Å². The van der Waals surface area contributed by atoms with Crippen LogP contribution in [0.2, 0.25) is 0 Å². The van der Waals surface area contributed by atoms with E-state index in [1.165, 1.54) is 18.2 Å². The van der Waals surface area contributed by atoms with E-state index in [4.69, 9.17) is 29.4 Å². The van der Waals surface area contributed by atoms with Crippen LogP contribution in [0.5, 0.6) is 11.5 Å². The summed E-state index contributed by atoms with van der Waals surface area (Å²) in [5.74, 6) is -2.82. The Morgan fingerprint density at radius 3 is 1.88 bits per heavy atom. The summed E-state index contributed by atoms with van der Waals surface area (Å²) in [6.07, 6.45) is 3.16. The van der Waals surface area contributed by atoms with Crippen molar-refractivity contribution in [1.82, 2.24) is 0 Å². The Morgan fingerprint density at radius 1 is 0.837 bits per heavy atom. The van der Waals surface area contributed by atoms with Gasteiger partial charge < -0.3 is 34.5 Å². The molecule has 4 atom stereocenters. The highest BCUT2D eigenvalue weighted by Gasteiger charge is 2.37. The highest BCUT2D eigenvalue weighted by Crippen LogP contribution is 2.38. The van der Waals surface area contributed by atoms with E-state index in [2.05, 4.69) is 0 Å². The average Bonchev–Trinajstić information content (AvgIpc) is 2.94. The maximum atomic E-state index is 12.8. The lowest BCUT2D eigenvalue weighted by atomic mass is 9.79. The number of hydrogen-bond acceptors (Lipinski definition) is 10. The highest BCUT2D eigenvalue weighted by molar-refractivity contribution is 5.75. The summed E-state index contributed by atoms with van der Waals surface area (Å²) < 4.78 is 26.8. The second-order valence-electron chi connectivity index (χ2n) is 12.2. The van der Waals surface area contributed by atoms with Gasteiger partial charge in [0.15, 0.2) is 11.5 Å². The lowest BCUT2D eigenvalue weighted by Crippen LogP contribution is -2.43. The SMILES string of the molecule is CC(C)CCOC(=O)Oc1ccc(C(C(C)C(C)OC(=O)C2CCCCC2)[C@H](N)C(=O)O)cc1OC(=O)OCCC(C)C. The zero-order valence-corrected chi connectivity index (χ0v) is 26.3. The first-order valence-electron chi connectivity index (χ1n) is 15.3. The molecule has 0 spiro atoms. The minimum Gasteiger partial charge on any atom is -0.480 e. The molecule has 1 saturated carbocycles. The summed E-state index contributed by atoms with van der Waals surface area (Å²) in [5, 5.41) is 9.86. The molecule has 1 aliphatic rings. The van der Waals surface area contributed by atoms with Gasteiger partial charge in [-0.15, -0.1) is 0 Å². The van der Waals surface area contributed by atoms with Crippen LogP contribution in [-0.4, -0.2) is 54.7 Å². The fourth-order valence-electron chi connectivity index (χ4n) is 4.90. The third-order valence-corrected chi connectivity index (χ3v) is 7.79. The van der Waals surface area contributed by atoms with Crippen LogP contribution in [0.1, 0.15) is 98.0 Å². The Kier molecular flexibility index (Phi) is 14.8. The van der Waals surface area contributed by atoms with E-state index < -0.39 is 42.3 Å². The first-order chi connectivity index (χ1) is 20.3. The van der Waals surface area contributed by atoms with Crippen LogP contribution >= 0.6 is 0 Å². The molecule has 0 saturated heterocycles. The van der Waals surface area contributed by atoms with E-state index >= 15 is 0 Å². The fraction of sp³-hybridized carbons (Fsp3) is 0.688. The lowest BCUT2D eigenvalue weighted by molar-refractivity contribution is -0.157. The Balaban J connectivity index is 2.34. The number of nitrogens with two attached hydrogens (primary N) is 1. The number of ether oxygens (including phenoxy) is 5. The van der Waals surface area contributed by atoms with Crippen LogP contribution in [0.4, 0.5) is 9.59 Å². The van der Waals surface area contributed by atoms with Crippen LogP contribution < -0.4 is 15.2 Å². The number of carbonyl (C=O) groups excluding carboxylic acids is 3. The molecule has 11 heteroatoms. The molecule has 0 amide bonds. The quantitative estimate of drug-likeness (QED) is 0.128. The largest absolute Gasteiger partial charge is 0.513 e. The number of benzene rings is 1. The molecule has 1 fully saturated rings. The van der Waals surface area contributed by atoms with Gasteiger partial charge in [0.1, 0.15) is 12.1 Å². The van der Waals surface area contributed by atoms with Crippen LogP contribution in [-0.2, 0) is 23.8 Å². The Bertz CT molecular complexity index is 1070. The molecule has 3 unspecified atom stereocenters. The van der Waals surface area contributed by atoms with E-state index in [0.29, 0.717) is 30.2 Å². The first kappa shape index (κ1) is 35.9. The Morgan fingerprint density at radius 2 is 1.37 bits per heavy atom. The number of esters is 1. The molecule has 1 aromatic carbocycles. The standard InChI is InChI=1S/C32H49NO10/c1-19(2)14-16-39-31(37)42-25-13-12-24(18-26(25)43-32(38)40-17-15-20(3)4)27(28(33)29(34)35)21(5)22(6)41-30(36)23-10-8-7-9-11-23/h12-13,18-23,27-28H,7-11,14-17,33H2,1-6H3,(H,34,35)/t21?,22?,27?,28-/m0/s1. The molecule has 0 aromatic heterocycles. The summed E-state index contributed by atoms with van der Waals surface area (Å²) >= 11 is 0. The third-order valence-electron chi connectivity index (χ3n) is 7.79. The smallest absolute Gasteiger partial charge is 0.480 e. The number of carbonyl (C=O) groups is 4. The van der Waals surface area contributed by atoms with Crippen molar-refractivity contribution in [2.45, 2.75) is 105 Å². The van der Waals surface area contributed by atoms with Crippen molar-refractivity contribution in [2.75, 3.05) is 13.2 Å². The maximum absolute atomic E-state index is 12.8. The summed E-state index contributed by atoms with van der Waals surface area (Å²) in [6, 6.07) is 2.92. The van der Waals surface area contributed by atoms with Gasteiger partial charge in [0.25, 0.3) is 0 Å². The number of rotatable bonds is 15. The van der Waals surface area contributed by atoms with Crippen molar-refractivity contribution >= 4 is 24.2 Å². The highest BCUT2D eigenvalue weighted by atomic mass is 16.7. The summed E-state index contributed by atoms with van der Waals surface area (Å²) in [6.45, 7) is 11.7. The van der Waals surface area contributed by atoms with E-state index in [9.17, 15) is 24.3 Å². The van der Waals surface area contributed by atoms with Gasteiger partial charge in [-0.1, -0.05) is 59.9 Å². The fourth-order valence-corrected chi connectivity index (χ4v) is 4.90. The van der Waals surface area contributed by atoms with Crippen LogP contribution in [0, 0.1) is 23.7 Å². The van der Waals surface area contributed by atoms with Crippen molar-refractivity contribution < 1.29 is 48.0 Å². The molecule has 0 aliphatic heterocycles. The molecular formula is C32H49NO10. The zero-order chi connectivity index (χ0) is 32.1. The maximum Gasteiger partial charge on any atom is 0.513 e. The molecule has 0 heterocycles. The van der Waals surface area contributed by atoms with Crippen molar-refractivity contribution in [3.8, 4) is 11.5 Å². The van der Waals surface area contributed by atoms with Crippen LogP contribution in [0.3, 0.4) is 0 Å². The molecule has 242 valence electrons. The van der Waals surface area contributed by atoms with Crippen LogP contribution in [0.15, 0.2) is 18.2 Å². The number of hydrogen-bond donors (Lipinski definition) is 2. The molecule has 3 N–H and O–H groups in total. The lowest BCUT2D eigenvalue weighted by Gasteiger charge is -2.33. The third kappa shape index (κ3) is 12.1. The molecule has 1 aliphatic carbocycles. The first-order valence-corrected chi connectivity index (χ1v) is 15.3. The zero-order valence-electron chi connectivity index (χ0n) is 26.3. The molecule has 1 aromatic rings. The van der Waals surface area contributed by atoms with Gasteiger partial charge in [0.05, 0.1) is 19.1 Å². The second kappa shape index (κ2) is 17.7. The topological polar surface area (TPSA) is 161 Å². The Labute approximate surface area is 254 Å². The summed E-state index contributed by atoms with van der Waals surface area (Å²) in [7, 11) is 0. The van der Waals surface area contributed by atoms with Crippen LogP contribution in [0.25, 0.3) is 0 Å². The van der Waals surface area contributed by atoms with Gasteiger partial charge in [-0.05, 0) is 62.1 Å². The minimum absolute atomic E-state index is 0.119. The molecule has 43 heavy (non-hydrogen) atoms. The Hall–Kier alpha value is -3.34. The van der Waals surface area contributed by atoms with Gasteiger partial charge in [-0.25, -0.2) is 9.59 Å². The molecule has 0 radical (unpaired) electrons. The summed E-state index contributed by atoms with van der Waals surface area (Å²) in [5.41, 5.74) is 6.55. The van der Waals surface area contributed by atoms with E-state index in [-0.39, 0.29) is 36.6 Å². The van der Waals surface area contributed by atoms with Gasteiger partial charge in [0.2, 0.25) is 0 Å². The van der Waals surface area contributed by atoms with Gasteiger partial charge in [-0.2, -0.15) is 0 Å². The minimum atomic E-state index is -1.38. The summed E-state index contributed by atoms with van der Waals surface area (Å²) in [4.78, 5) is 49.8. The van der Waals surface area contributed by atoms with E-state index in [0.717, 1.165) is 32.1 Å². The monoisotopic (exact) mass is 607 g/mol. The van der Waals surface area contributed by atoms with Gasteiger partial charge >= 0.3 is 24.2 Å². The van der Waals surface area contributed by atoms with Crippen molar-refractivity contribution in [3.05, 3.63) is 23.8 Å². The van der Waals surface area contributed by atoms with Gasteiger partial charge in [-0.3, -0.25) is 9.59 Å². The average molecular weight is 608 g/mol. The number of carboxylic acid groups (broad SMARTS) is 1. The number of carboxylic acids is 1. The normalized spacial score (nSPS) is 16.6. The molecular weight excluding hydrogens is 558 g/mol. The predicted octanol–water partition coefficient (Wildman–Crippen LogP) is 6.45. The van der Waals surface area contributed by atoms with E-state index in [1.54, 1.807) is 13.8 Å². The van der Waals surface area contributed by atoms with Crippen molar-refractivity contribution in [2.24, 2.45) is 29.4 Å². The molecule has 0 bridgehead atoms. The second-order valence-corrected chi connectivity index (χ2v) is 12.2. The van der Waals surface area contributed by atoms with Gasteiger partial charge in [0, 0.05) is 11.8 Å². The molecule has 11 nitrogen and oxygen atoms in total. The molecule has 2 rings (SSSR count). The van der Waals surface area contributed by atoms with Crippen molar-refractivity contribution in [1.29, 1.82) is 0 Å².